The average Bonchev–Trinajstić information content (AvgIpc) is 2.85. The van der Waals surface area contributed by atoms with Crippen LogP contribution in [0.1, 0.15) is 33.1 Å². The first-order valence-electron chi connectivity index (χ1n) is 7.84. The molecule has 2 unspecified atom stereocenters. The highest BCUT2D eigenvalue weighted by atomic mass is 15.3. The topological polar surface area (TPSA) is 35.7 Å². The Bertz CT molecular complexity index is 292. The first-order chi connectivity index (χ1) is 8.98. The quantitative estimate of drug-likeness (QED) is 0.819. The summed E-state index contributed by atoms with van der Waals surface area (Å²) >= 11 is 0. The highest BCUT2D eigenvalue weighted by molar-refractivity contribution is 5.02. The molecule has 0 aromatic heterocycles. The summed E-state index contributed by atoms with van der Waals surface area (Å²) < 4.78 is 0. The van der Waals surface area contributed by atoms with E-state index in [1.807, 2.05) is 0 Å². The lowest BCUT2D eigenvalue weighted by Crippen LogP contribution is -2.60. The minimum absolute atomic E-state index is 0.235. The summed E-state index contributed by atoms with van der Waals surface area (Å²) in [6, 6.07) is 1.34. The minimum Gasteiger partial charge on any atom is -0.329 e. The van der Waals surface area contributed by atoms with Gasteiger partial charge in [0.05, 0.1) is 0 Å². The predicted octanol–water partition coefficient (Wildman–Crippen LogP) is 0.824. The van der Waals surface area contributed by atoms with Crippen molar-refractivity contribution in [3.05, 3.63) is 0 Å². The Kier molecular flexibility index (Phi) is 4.88. The van der Waals surface area contributed by atoms with Gasteiger partial charge in [0.15, 0.2) is 0 Å². The number of nitrogens with two attached hydrogens (primary N) is 1. The molecule has 4 heteroatoms. The summed E-state index contributed by atoms with van der Waals surface area (Å²) in [5.74, 6) is 0. The molecule has 0 saturated carbocycles. The van der Waals surface area contributed by atoms with Crippen molar-refractivity contribution in [1.29, 1.82) is 0 Å². The van der Waals surface area contributed by atoms with E-state index in [1.54, 1.807) is 0 Å². The molecule has 4 nitrogen and oxygen atoms in total. The van der Waals surface area contributed by atoms with Crippen LogP contribution in [0.3, 0.4) is 0 Å². The van der Waals surface area contributed by atoms with Crippen molar-refractivity contribution in [3.8, 4) is 0 Å². The zero-order valence-corrected chi connectivity index (χ0v) is 13.2. The van der Waals surface area contributed by atoms with E-state index in [1.165, 1.54) is 38.9 Å². The zero-order chi connectivity index (χ0) is 14.0. The maximum atomic E-state index is 6.20. The van der Waals surface area contributed by atoms with Crippen LogP contribution in [0.2, 0.25) is 0 Å². The van der Waals surface area contributed by atoms with Crippen molar-refractivity contribution in [3.63, 3.8) is 0 Å². The molecule has 19 heavy (non-hydrogen) atoms. The molecule has 2 heterocycles. The molecule has 0 bridgehead atoms. The second-order valence-corrected chi connectivity index (χ2v) is 6.95. The Hall–Kier alpha value is -0.160. The molecule has 112 valence electrons. The first-order valence-corrected chi connectivity index (χ1v) is 7.84. The third-order valence-corrected chi connectivity index (χ3v) is 5.27. The van der Waals surface area contributed by atoms with Crippen LogP contribution in [0.4, 0.5) is 0 Å². The fourth-order valence-corrected chi connectivity index (χ4v) is 3.69. The summed E-state index contributed by atoms with van der Waals surface area (Å²) in [6.45, 7) is 10.2. The molecular formula is C15H32N4. The standard InChI is InChI=1S/C15H32N4/c1-13(2)18-9-7-15(11-16,12-18)19-8-5-6-14(10-19)17(3)4/h13-14H,5-12,16H2,1-4H3. The molecule has 0 radical (unpaired) electrons. The van der Waals surface area contributed by atoms with Crippen molar-refractivity contribution in [1.82, 2.24) is 14.7 Å². The molecule has 2 rings (SSSR count). The van der Waals surface area contributed by atoms with Gasteiger partial charge in [0.2, 0.25) is 0 Å². The highest BCUT2D eigenvalue weighted by Crippen LogP contribution is 2.31. The van der Waals surface area contributed by atoms with E-state index in [-0.39, 0.29) is 5.54 Å². The third-order valence-electron chi connectivity index (χ3n) is 5.27. The fraction of sp³-hybridized carbons (Fsp3) is 1.00. The molecule has 0 aromatic rings. The van der Waals surface area contributed by atoms with Gasteiger partial charge in [-0.05, 0) is 53.8 Å². The molecule has 0 aromatic carbocycles. The van der Waals surface area contributed by atoms with Crippen LogP contribution in [0.15, 0.2) is 0 Å². The van der Waals surface area contributed by atoms with E-state index < -0.39 is 0 Å². The number of rotatable bonds is 4. The van der Waals surface area contributed by atoms with Crippen molar-refractivity contribution in [2.24, 2.45) is 5.73 Å². The second-order valence-electron chi connectivity index (χ2n) is 6.95. The molecule has 2 aliphatic rings. The normalized spacial score (nSPS) is 34.6. The van der Waals surface area contributed by atoms with E-state index in [2.05, 4.69) is 42.6 Å². The lowest BCUT2D eigenvalue weighted by Gasteiger charge is -2.46. The maximum Gasteiger partial charge on any atom is 0.0471 e. The Labute approximate surface area is 118 Å². The molecule has 0 amide bonds. The first kappa shape index (κ1) is 15.2. The number of likely N-dealkylation sites (N-methyl/N-ethyl adjacent to an activating group) is 1. The van der Waals surface area contributed by atoms with Crippen LogP contribution in [0.5, 0.6) is 0 Å². The Morgan fingerprint density at radius 2 is 2.05 bits per heavy atom. The Balaban J connectivity index is 2.05. The van der Waals surface area contributed by atoms with E-state index in [0.717, 1.165) is 13.1 Å². The van der Waals surface area contributed by atoms with Crippen LogP contribution < -0.4 is 5.73 Å². The van der Waals surface area contributed by atoms with Crippen LogP contribution in [-0.2, 0) is 0 Å². The predicted molar refractivity (Wildman–Crippen MR) is 81.4 cm³/mol. The maximum absolute atomic E-state index is 6.20. The minimum atomic E-state index is 0.235. The monoisotopic (exact) mass is 268 g/mol. The zero-order valence-electron chi connectivity index (χ0n) is 13.2. The van der Waals surface area contributed by atoms with E-state index >= 15 is 0 Å². The van der Waals surface area contributed by atoms with E-state index in [9.17, 15) is 0 Å². The van der Waals surface area contributed by atoms with Crippen LogP contribution in [0.25, 0.3) is 0 Å². The van der Waals surface area contributed by atoms with Gasteiger partial charge >= 0.3 is 0 Å². The van der Waals surface area contributed by atoms with Gasteiger partial charge in [-0.2, -0.15) is 0 Å². The third kappa shape index (κ3) is 3.13. The van der Waals surface area contributed by atoms with Gasteiger partial charge in [0, 0.05) is 43.8 Å². The van der Waals surface area contributed by atoms with Crippen LogP contribution in [0, 0.1) is 0 Å². The molecule has 0 spiro atoms. The lowest BCUT2D eigenvalue weighted by molar-refractivity contribution is 0.0376. The Morgan fingerprint density at radius 3 is 2.58 bits per heavy atom. The van der Waals surface area contributed by atoms with Crippen LogP contribution >= 0.6 is 0 Å². The van der Waals surface area contributed by atoms with Gasteiger partial charge in [0.1, 0.15) is 0 Å². The van der Waals surface area contributed by atoms with Crippen LogP contribution in [-0.4, -0.2) is 79.1 Å². The van der Waals surface area contributed by atoms with Gasteiger partial charge in [-0.25, -0.2) is 0 Å². The van der Waals surface area contributed by atoms with Crippen molar-refractivity contribution >= 4 is 0 Å². The molecule has 2 aliphatic heterocycles. The van der Waals surface area contributed by atoms with Crippen molar-refractivity contribution < 1.29 is 0 Å². The second kappa shape index (κ2) is 6.08. The van der Waals surface area contributed by atoms with Crippen molar-refractivity contribution in [2.45, 2.75) is 50.7 Å². The number of nitrogens with zero attached hydrogens (tertiary/aromatic N) is 3. The Morgan fingerprint density at radius 1 is 1.32 bits per heavy atom. The molecule has 0 aliphatic carbocycles. The fourth-order valence-electron chi connectivity index (χ4n) is 3.69. The van der Waals surface area contributed by atoms with Gasteiger partial charge < -0.3 is 10.6 Å². The van der Waals surface area contributed by atoms with Gasteiger partial charge in [-0.15, -0.1) is 0 Å². The summed E-state index contributed by atoms with van der Waals surface area (Å²) in [5, 5.41) is 0. The van der Waals surface area contributed by atoms with E-state index in [4.69, 9.17) is 5.73 Å². The van der Waals surface area contributed by atoms with Crippen molar-refractivity contribution in [2.75, 3.05) is 46.8 Å². The van der Waals surface area contributed by atoms with Gasteiger partial charge in [-0.3, -0.25) is 9.80 Å². The summed E-state index contributed by atoms with van der Waals surface area (Å²) in [4.78, 5) is 7.67. The number of piperidine rings is 1. The SMILES string of the molecule is CC(C)N1CCC(CN)(N2CCCC(N(C)C)C2)C1. The highest BCUT2D eigenvalue weighted by Gasteiger charge is 2.44. The smallest absolute Gasteiger partial charge is 0.0471 e. The summed E-state index contributed by atoms with van der Waals surface area (Å²) in [5.41, 5.74) is 6.44. The molecular weight excluding hydrogens is 236 g/mol. The number of hydrogen-bond donors (Lipinski definition) is 1. The molecule has 2 saturated heterocycles. The number of hydrogen-bond acceptors (Lipinski definition) is 4. The number of likely N-dealkylation sites (tertiary alicyclic amines) is 2. The average molecular weight is 268 g/mol. The largest absolute Gasteiger partial charge is 0.329 e. The van der Waals surface area contributed by atoms with E-state index in [0.29, 0.717) is 12.1 Å². The molecule has 2 atom stereocenters. The summed E-state index contributed by atoms with van der Waals surface area (Å²) in [7, 11) is 4.41. The summed E-state index contributed by atoms with van der Waals surface area (Å²) in [6.07, 6.45) is 3.88. The van der Waals surface area contributed by atoms with Gasteiger partial charge in [-0.1, -0.05) is 0 Å². The lowest BCUT2D eigenvalue weighted by atomic mass is 9.91. The molecule has 2 N–H and O–H groups in total. The molecule has 2 fully saturated rings. The van der Waals surface area contributed by atoms with Gasteiger partial charge in [0.25, 0.3) is 0 Å².